The molecule has 2 rings (SSSR count). The van der Waals surface area contributed by atoms with Crippen molar-refractivity contribution in [1.29, 1.82) is 0 Å². The SMILES string of the molecule is Cc1nc(C(C)(C)NC(=O)CCc2ccccc2C(=O)O)sc1C. The standard InChI is InChI=1S/C18H22N2O3S/c1-11-12(2)24-17(19-11)18(3,4)20-15(21)10-9-13-7-5-6-8-14(13)16(22)23/h5-8H,9-10H2,1-4H3,(H,20,21)(H,22,23). The topological polar surface area (TPSA) is 79.3 Å². The number of rotatable bonds is 6. The molecule has 24 heavy (non-hydrogen) atoms. The third-order valence-corrected chi connectivity index (χ3v) is 5.28. The van der Waals surface area contributed by atoms with E-state index in [-0.39, 0.29) is 17.9 Å². The van der Waals surface area contributed by atoms with E-state index in [4.69, 9.17) is 0 Å². The zero-order valence-corrected chi connectivity index (χ0v) is 15.2. The van der Waals surface area contributed by atoms with Crippen molar-refractivity contribution in [3.63, 3.8) is 0 Å². The number of amides is 1. The van der Waals surface area contributed by atoms with Gasteiger partial charge < -0.3 is 10.4 Å². The average molecular weight is 346 g/mol. The second-order valence-electron chi connectivity index (χ2n) is 6.30. The fraction of sp³-hybridized carbons (Fsp3) is 0.389. The van der Waals surface area contributed by atoms with Gasteiger partial charge in [0.2, 0.25) is 5.91 Å². The van der Waals surface area contributed by atoms with Gasteiger partial charge in [0, 0.05) is 11.3 Å². The van der Waals surface area contributed by atoms with Gasteiger partial charge in [0.05, 0.1) is 16.8 Å². The molecule has 5 nitrogen and oxygen atoms in total. The highest BCUT2D eigenvalue weighted by atomic mass is 32.1. The second-order valence-corrected chi connectivity index (χ2v) is 7.50. The molecular weight excluding hydrogens is 324 g/mol. The first kappa shape index (κ1) is 18.1. The van der Waals surface area contributed by atoms with E-state index in [9.17, 15) is 14.7 Å². The molecule has 2 aromatic rings. The number of hydrogen-bond acceptors (Lipinski definition) is 4. The molecule has 1 aromatic heterocycles. The Morgan fingerprint density at radius 2 is 1.92 bits per heavy atom. The van der Waals surface area contributed by atoms with Crippen molar-refractivity contribution in [3.8, 4) is 0 Å². The molecule has 1 amide bonds. The summed E-state index contributed by atoms with van der Waals surface area (Å²) in [5, 5.41) is 13.1. The fourth-order valence-corrected chi connectivity index (χ4v) is 3.37. The Kier molecular flexibility index (Phi) is 5.39. The summed E-state index contributed by atoms with van der Waals surface area (Å²) >= 11 is 1.58. The number of carbonyl (C=O) groups is 2. The molecule has 0 atom stereocenters. The molecule has 0 aliphatic carbocycles. The summed E-state index contributed by atoms with van der Waals surface area (Å²) < 4.78 is 0. The predicted molar refractivity (Wildman–Crippen MR) is 94.5 cm³/mol. The number of aryl methyl sites for hydroxylation is 3. The van der Waals surface area contributed by atoms with Crippen LogP contribution in [-0.4, -0.2) is 22.0 Å². The van der Waals surface area contributed by atoms with Crippen LogP contribution in [0.5, 0.6) is 0 Å². The highest BCUT2D eigenvalue weighted by Gasteiger charge is 2.27. The van der Waals surface area contributed by atoms with E-state index in [1.165, 1.54) is 0 Å². The molecule has 0 saturated heterocycles. The van der Waals surface area contributed by atoms with Crippen molar-refractivity contribution in [1.82, 2.24) is 10.3 Å². The van der Waals surface area contributed by atoms with Crippen LogP contribution < -0.4 is 5.32 Å². The molecule has 6 heteroatoms. The van der Waals surface area contributed by atoms with Crippen molar-refractivity contribution >= 4 is 23.2 Å². The predicted octanol–water partition coefficient (Wildman–Crippen LogP) is 3.44. The maximum atomic E-state index is 12.3. The minimum absolute atomic E-state index is 0.120. The first-order chi connectivity index (χ1) is 11.2. The molecule has 128 valence electrons. The van der Waals surface area contributed by atoms with Gasteiger partial charge in [0.15, 0.2) is 0 Å². The van der Waals surface area contributed by atoms with E-state index in [1.807, 2.05) is 27.7 Å². The van der Waals surface area contributed by atoms with Gasteiger partial charge in [-0.3, -0.25) is 4.79 Å². The lowest BCUT2D eigenvalue weighted by Crippen LogP contribution is -2.41. The number of aromatic carboxylic acids is 1. The summed E-state index contributed by atoms with van der Waals surface area (Å²) in [7, 11) is 0. The number of nitrogens with one attached hydrogen (secondary N) is 1. The van der Waals surface area contributed by atoms with Gasteiger partial charge in [-0.05, 0) is 45.7 Å². The molecule has 1 aromatic carbocycles. The average Bonchev–Trinajstić information content (AvgIpc) is 2.85. The summed E-state index contributed by atoms with van der Waals surface area (Å²) in [4.78, 5) is 29.2. The van der Waals surface area contributed by atoms with Crippen LogP contribution in [0.1, 0.15) is 51.8 Å². The summed E-state index contributed by atoms with van der Waals surface area (Å²) in [5.41, 5.74) is 1.34. The van der Waals surface area contributed by atoms with Crippen LogP contribution in [0.15, 0.2) is 24.3 Å². The van der Waals surface area contributed by atoms with E-state index in [1.54, 1.807) is 35.6 Å². The Labute approximate surface area is 145 Å². The Balaban J connectivity index is 2.02. The molecule has 0 bridgehead atoms. The number of carboxylic acid groups (broad SMARTS) is 1. The maximum absolute atomic E-state index is 12.3. The van der Waals surface area contributed by atoms with E-state index >= 15 is 0 Å². The number of carboxylic acids is 1. The second kappa shape index (κ2) is 7.13. The molecule has 0 fully saturated rings. The lowest BCUT2D eigenvalue weighted by atomic mass is 10.0. The molecule has 0 aliphatic heterocycles. The van der Waals surface area contributed by atoms with Gasteiger partial charge in [-0.25, -0.2) is 9.78 Å². The molecule has 1 heterocycles. The van der Waals surface area contributed by atoms with Crippen molar-refractivity contribution in [2.24, 2.45) is 0 Å². The van der Waals surface area contributed by atoms with Gasteiger partial charge >= 0.3 is 5.97 Å². The number of nitrogens with zero attached hydrogens (tertiary/aromatic N) is 1. The number of benzene rings is 1. The Morgan fingerprint density at radius 3 is 2.50 bits per heavy atom. The fourth-order valence-electron chi connectivity index (χ4n) is 2.40. The van der Waals surface area contributed by atoms with Crippen LogP contribution >= 0.6 is 11.3 Å². The van der Waals surface area contributed by atoms with Crippen molar-refractivity contribution in [3.05, 3.63) is 51.0 Å². The van der Waals surface area contributed by atoms with E-state index in [2.05, 4.69) is 10.3 Å². The number of carbonyl (C=O) groups excluding carboxylic acids is 1. The van der Waals surface area contributed by atoms with E-state index in [0.717, 1.165) is 15.6 Å². The molecule has 2 N–H and O–H groups in total. The van der Waals surface area contributed by atoms with Crippen molar-refractivity contribution < 1.29 is 14.7 Å². The Morgan fingerprint density at radius 1 is 1.25 bits per heavy atom. The molecule has 0 spiro atoms. The largest absolute Gasteiger partial charge is 0.478 e. The first-order valence-corrected chi connectivity index (χ1v) is 8.59. The van der Waals surface area contributed by atoms with Crippen LogP contribution in [0.3, 0.4) is 0 Å². The van der Waals surface area contributed by atoms with Gasteiger partial charge in [0.1, 0.15) is 5.01 Å². The van der Waals surface area contributed by atoms with Crippen molar-refractivity contribution in [2.75, 3.05) is 0 Å². The molecule has 0 radical (unpaired) electrons. The Hall–Kier alpha value is -2.21. The normalized spacial score (nSPS) is 11.3. The minimum atomic E-state index is -0.972. The zero-order chi connectivity index (χ0) is 17.9. The quantitative estimate of drug-likeness (QED) is 0.840. The van der Waals surface area contributed by atoms with Crippen LogP contribution in [0.2, 0.25) is 0 Å². The van der Waals surface area contributed by atoms with Gasteiger partial charge in [-0.1, -0.05) is 18.2 Å². The van der Waals surface area contributed by atoms with Crippen molar-refractivity contribution in [2.45, 2.75) is 46.1 Å². The first-order valence-electron chi connectivity index (χ1n) is 7.77. The highest BCUT2D eigenvalue weighted by molar-refractivity contribution is 7.11. The summed E-state index contributed by atoms with van der Waals surface area (Å²) in [6.07, 6.45) is 0.622. The van der Waals surface area contributed by atoms with E-state index in [0.29, 0.717) is 12.0 Å². The monoisotopic (exact) mass is 346 g/mol. The van der Waals surface area contributed by atoms with Crippen LogP contribution in [0, 0.1) is 13.8 Å². The maximum Gasteiger partial charge on any atom is 0.335 e. The number of hydrogen-bond donors (Lipinski definition) is 2. The molecule has 0 unspecified atom stereocenters. The van der Waals surface area contributed by atoms with Crippen LogP contribution in [0.4, 0.5) is 0 Å². The lowest BCUT2D eigenvalue weighted by Gasteiger charge is -2.24. The number of thiazole rings is 1. The molecular formula is C18H22N2O3S. The third-order valence-electron chi connectivity index (χ3n) is 3.88. The summed E-state index contributed by atoms with van der Waals surface area (Å²) in [5.74, 6) is -1.09. The minimum Gasteiger partial charge on any atom is -0.478 e. The Bertz CT molecular complexity index is 746. The van der Waals surface area contributed by atoms with Gasteiger partial charge in [0.25, 0.3) is 0 Å². The summed E-state index contributed by atoms with van der Waals surface area (Å²) in [6.45, 7) is 7.81. The third kappa shape index (κ3) is 4.20. The lowest BCUT2D eigenvalue weighted by molar-refractivity contribution is -0.122. The summed E-state index contributed by atoms with van der Waals surface area (Å²) in [6, 6.07) is 6.77. The molecule has 0 aliphatic rings. The van der Waals surface area contributed by atoms with Crippen LogP contribution in [0.25, 0.3) is 0 Å². The van der Waals surface area contributed by atoms with E-state index < -0.39 is 11.5 Å². The highest BCUT2D eigenvalue weighted by Crippen LogP contribution is 2.27. The van der Waals surface area contributed by atoms with Gasteiger partial charge in [-0.2, -0.15) is 0 Å². The van der Waals surface area contributed by atoms with Gasteiger partial charge in [-0.15, -0.1) is 11.3 Å². The molecule has 0 saturated carbocycles. The zero-order valence-electron chi connectivity index (χ0n) is 14.3. The van der Waals surface area contributed by atoms with Crippen LogP contribution in [-0.2, 0) is 16.8 Å². The smallest absolute Gasteiger partial charge is 0.335 e. The number of aromatic nitrogens is 1.